The number of halogens is 1. The minimum Gasteiger partial charge on any atom is -0.423 e. The van der Waals surface area contributed by atoms with Gasteiger partial charge in [-0.05, 0) is 48.9 Å². The summed E-state index contributed by atoms with van der Waals surface area (Å²) in [5.41, 5.74) is 3.10. The number of carbonyl (C=O) groups excluding carboxylic acids is 1. The summed E-state index contributed by atoms with van der Waals surface area (Å²) in [6.07, 6.45) is 9.54. The van der Waals surface area contributed by atoms with Crippen LogP contribution in [0.3, 0.4) is 0 Å². The van der Waals surface area contributed by atoms with Gasteiger partial charge in [-0.15, -0.1) is 0 Å². The fraction of sp³-hybridized carbons (Fsp3) is 0.0833. The van der Waals surface area contributed by atoms with Gasteiger partial charge in [-0.25, -0.2) is 4.79 Å². The van der Waals surface area contributed by atoms with E-state index in [-0.39, 0.29) is 17.3 Å². The maximum atomic E-state index is 12.8. The number of fused-ring (bicyclic) bond motifs is 1. The predicted octanol–water partition coefficient (Wildman–Crippen LogP) is 5.78. The lowest BCUT2D eigenvalue weighted by Gasteiger charge is -2.15. The molecule has 1 aliphatic rings. The molecule has 3 aromatic rings. The molecule has 0 saturated carbocycles. The van der Waals surface area contributed by atoms with Crippen LogP contribution in [0.2, 0.25) is 0 Å². The van der Waals surface area contributed by atoms with Gasteiger partial charge in [0.05, 0.1) is 0 Å². The third-order valence-corrected chi connectivity index (χ3v) is 5.29. The summed E-state index contributed by atoms with van der Waals surface area (Å²) < 4.78 is 6.26. The average Bonchev–Trinajstić information content (AvgIpc) is 3.22. The van der Waals surface area contributed by atoms with Crippen molar-refractivity contribution in [2.24, 2.45) is 5.92 Å². The Morgan fingerprint density at radius 1 is 1.07 bits per heavy atom. The Hall–Kier alpha value is -3.18. The maximum Gasteiger partial charge on any atom is 0.336 e. The van der Waals surface area contributed by atoms with Crippen molar-refractivity contribution >= 4 is 38.4 Å². The first kappa shape index (κ1) is 19.2. The second-order valence-corrected chi connectivity index (χ2v) is 7.77. The first-order chi connectivity index (χ1) is 14.0. The highest BCUT2D eigenvalue weighted by atomic mass is 79.9. The molecule has 5 heteroatoms. The van der Waals surface area contributed by atoms with Crippen LogP contribution >= 0.6 is 15.9 Å². The van der Waals surface area contributed by atoms with E-state index in [1.165, 1.54) is 6.07 Å². The molecule has 1 aliphatic carbocycles. The Morgan fingerprint density at radius 2 is 1.79 bits per heavy atom. The third kappa shape index (κ3) is 4.30. The van der Waals surface area contributed by atoms with Crippen LogP contribution in [-0.2, 0) is 0 Å². The van der Waals surface area contributed by atoms with Crippen LogP contribution in [0.1, 0.15) is 15.9 Å². The van der Waals surface area contributed by atoms with Crippen molar-refractivity contribution in [2.45, 2.75) is 6.92 Å². The van der Waals surface area contributed by atoms with Gasteiger partial charge < -0.3 is 9.73 Å². The summed E-state index contributed by atoms with van der Waals surface area (Å²) in [6, 6.07) is 14.3. The zero-order valence-electron chi connectivity index (χ0n) is 15.7. The van der Waals surface area contributed by atoms with Gasteiger partial charge in [0, 0.05) is 50.9 Å². The number of aryl methyl sites for hydroxylation is 1. The standard InChI is InChI=1S/C24H18BrNO3/c1-15-12-24(28)29-23-13-19(10-11-20(15)23)26-21(16-4-2-3-5-16)14-22(27)17-6-8-18(25)9-7-17/h2-14,16,26H,1H3/b21-14-. The van der Waals surface area contributed by atoms with Crippen LogP contribution in [-0.4, -0.2) is 5.78 Å². The van der Waals surface area contributed by atoms with Gasteiger partial charge in [0.2, 0.25) is 0 Å². The summed E-state index contributed by atoms with van der Waals surface area (Å²) in [5, 5.41) is 4.21. The Morgan fingerprint density at radius 3 is 2.52 bits per heavy atom. The van der Waals surface area contributed by atoms with Gasteiger partial charge >= 0.3 is 5.63 Å². The van der Waals surface area contributed by atoms with Crippen LogP contribution in [0.15, 0.2) is 98.3 Å². The molecule has 0 spiro atoms. The van der Waals surface area contributed by atoms with Crippen LogP contribution in [0, 0.1) is 12.8 Å². The summed E-state index contributed by atoms with van der Waals surface area (Å²) >= 11 is 3.38. The zero-order valence-corrected chi connectivity index (χ0v) is 17.3. The van der Waals surface area contributed by atoms with Gasteiger partial charge in [-0.2, -0.15) is 0 Å². The van der Waals surface area contributed by atoms with E-state index in [1.54, 1.807) is 24.3 Å². The third-order valence-electron chi connectivity index (χ3n) is 4.76. The Balaban J connectivity index is 1.69. The Kier molecular flexibility index (Phi) is 5.32. The fourth-order valence-electron chi connectivity index (χ4n) is 3.26. The van der Waals surface area contributed by atoms with E-state index in [1.807, 2.05) is 55.5 Å². The first-order valence-electron chi connectivity index (χ1n) is 9.17. The molecule has 0 bridgehead atoms. The molecule has 0 aliphatic heterocycles. The van der Waals surface area contributed by atoms with Crippen molar-refractivity contribution in [3.63, 3.8) is 0 Å². The van der Waals surface area contributed by atoms with Crippen molar-refractivity contribution < 1.29 is 9.21 Å². The van der Waals surface area contributed by atoms with Gasteiger partial charge in [0.1, 0.15) is 5.58 Å². The molecule has 1 aromatic heterocycles. The SMILES string of the molecule is Cc1cc(=O)oc2cc(N/C(=C\C(=O)c3ccc(Br)cc3)C3C=CC=C3)ccc12. The van der Waals surface area contributed by atoms with Crippen molar-refractivity contribution in [3.8, 4) is 0 Å². The van der Waals surface area contributed by atoms with E-state index >= 15 is 0 Å². The van der Waals surface area contributed by atoms with Gasteiger partial charge in [0.25, 0.3) is 0 Å². The minimum absolute atomic E-state index is 0.0328. The van der Waals surface area contributed by atoms with Crippen LogP contribution in [0.4, 0.5) is 5.69 Å². The van der Waals surface area contributed by atoms with Crippen molar-refractivity contribution in [3.05, 3.63) is 111 Å². The molecule has 0 atom stereocenters. The number of benzene rings is 2. The largest absolute Gasteiger partial charge is 0.423 e. The van der Waals surface area contributed by atoms with E-state index in [2.05, 4.69) is 21.2 Å². The van der Waals surface area contributed by atoms with E-state index < -0.39 is 0 Å². The number of hydrogen-bond donors (Lipinski definition) is 1. The van der Waals surface area contributed by atoms with Gasteiger partial charge in [-0.1, -0.05) is 40.2 Å². The zero-order chi connectivity index (χ0) is 20.4. The lowest BCUT2D eigenvalue weighted by atomic mass is 10.0. The van der Waals surface area contributed by atoms with E-state index in [0.29, 0.717) is 11.1 Å². The molecule has 144 valence electrons. The lowest BCUT2D eigenvalue weighted by molar-refractivity contribution is 0.104. The van der Waals surface area contributed by atoms with Crippen molar-refractivity contribution in [2.75, 3.05) is 5.32 Å². The molecule has 1 N–H and O–H groups in total. The van der Waals surface area contributed by atoms with Crippen molar-refractivity contribution in [1.82, 2.24) is 0 Å². The minimum atomic E-state index is -0.380. The number of rotatable bonds is 5. The number of allylic oxidation sites excluding steroid dienone is 4. The highest BCUT2D eigenvalue weighted by molar-refractivity contribution is 9.10. The second kappa shape index (κ2) is 8.05. The van der Waals surface area contributed by atoms with Crippen LogP contribution < -0.4 is 10.9 Å². The smallest absolute Gasteiger partial charge is 0.336 e. The lowest BCUT2D eigenvalue weighted by Crippen LogP contribution is -2.10. The van der Waals surface area contributed by atoms with Crippen molar-refractivity contribution in [1.29, 1.82) is 0 Å². The number of hydrogen-bond acceptors (Lipinski definition) is 4. The molecule has 2 aromatic carbocycles. The molecule has 4 nitrogen and oxygen atoms in total. The number of anilines is 1. The van der Waals surface area contributed by atoms with Crippen LogP contribution in [0.25, 0.3) is 11.0 Å². The monoisotopic (exact) mass is 447 g/mol. The fourth-order valence-corrected chi connectivity index (χ4v) is 3.53. The van der Waals surface area contributed by atoms with Gasteiger partial charge in [-0.3, -0.25) is 4.79 Å². The van der Waals surface area contributed by atoms with Gasteiger partial charge in [0.15, 0.2) is 5.78 Å². The predicted molar refractivity (Wildman–Crippen MR) is 119 cm³/mol. The Bertz CT molecular complexity index is 1220. The molecule has 0 saturated heterocycles. The average molecular weight is 448 g/mol. The Labute approximate surface area is 176 Å². The number of nitrogens with one attached hydrogen (secondary N) is 1. The first-order valence-corrected chi connectivity index (χ1v) is 9.97. The highest BCUT2D eigenvalue weighted by Gasteiger charge is 2.14. The van der Waals surface area contributed by atoms with E-state index in [9.17, 15) is 9.59 Å². The molecule has 1 heterocycles. The molecule has 0 unspecified atom stereocenters. The summed E-state index contributed by atoms with van der Waals surface area (Å²) in [7, 11) is 0. The molecule has 29 heavy (non-hydrogen) atoms. The van der Waals surface area contributed by atoms with E-state index in [4.69, 9.17) is 4.42 Å². The quantitative estimate of drug-likeness (QED) is 0.305. The summed E-state index contributed by atoms with van der Waals surface area (Å²) in [4.78, 5) is 24.5. The molecular weight excluding hydrogens is 430 g/mol. The summed E-state index contributed by atoms with van der Waals surface area (Å²) in [6.45, 7) is 1.88. The second-order valence-electron chi connectivity index (χ2n) is 6.85. The molecule has 0 fully saturated rings. The highest BCUT2D eigenvalue weighted by Crippen LogP contribution is 2.26. The molecule has 4 rings (SSSR count). The number of carbonyl (C=O) groups is 1. The normalized spacial score (nSPS) is 13.9. The molecule has 0 amide bonds. The topological polar surface area (TPSA) is 59.3 Å². The summed E-state index contributed by atoms with van der Waals surface area (Å²) in [5.74, 6) is -0.119. The van der Waals surface area contributed by atoms with E-state index in [0.717, 1.165) is 26.8 Å². The molecular formula is C24H18BrNO3. The number of ketones is 1. The van der Waals surface area contributed by atoms with Crippen LogP contribution in [0.5, 0.6) is 0 Å². The maximum absolute atomic E-state index is 12.8. The molecule has 0 radical (unpaired) electrons.